The lowest BCUT2D eigenvalue weighted by Gasteiger charge is -2.39. The minimum absolute atomic E-state index is 0.137. The third-order valence-corrected chi connectivity index (χ3v) is 8.22. The first kappa shape index (κ1) is 31.8. The topological polar surface area (TPSA) is 190 Å². The molecule has 18 heteroatoms. The van der Waals surface area contributed by atoms with Gasteiger partial charge in [0.15, 0.2) is 5.82 Å². The highest BCUT2D eigenvalue weighted by atomic mass is 32.2. The molecule has 3 aromatic heterocycles. The van der Waals surface area contributed by atoms with Gasteiger partial charge in [0.05, 0.1) is 30.8 Å². The molecule has 3 aromatic rings. The van der Waals surface area contributed by atoms with Crippen LogP contribution in [0, 0.1) is 6.92 Å². The molecule has 0 amide bonds. The highest BCUT2D eigenvalue weighted by Crippen LogP contribution is 2.52. The predicted molar refractivity (Wildman–Crippen MR) is 149 cm³/mol. The molecule has 0 radical (unpaired) electrons. The fraction of sp³-hybridized carbons (Fsp3) is 0.440. The number of aliphatic carboxylic acids is 1. The second-order valence-electron chi connectivity index (χ2n) is 9.88. The first-order chi connectivity index (χ1) is 20.1. The van der Waals surface area contributed by atoms with Crippen LogP contribution in [0.5, 0.6) is 5.88 Å². The van der Waals surface area contributed by atoms with Gasteiger partial charge in [0.25, 0.3) is 0 Å². The van der Waals surface area contributed by atoms with Gasteiger partial charge in [0, 0.05) is 44.0 Å². The summed E-state index contributed by atoms with van der Waals surface area (Å²) in [7, 11) is -1.63. The highest BCUT2D eigenvalue weighted by Gasteiger charge is 2.50. The quantitative estimate of drug-likeness (QED) is 0.347. The summed E-state index contributed by atoms with van der Waals surface area (Å²) in [6.07, 6.45) is 1.66. The normalized spacial score (nSPS) is 17.0. The van der Waals surface area contributed by atoms with Gasteiger partial charge in [-0.3, -0.25) is 4.90 Å². The number of aromatic nitrogens is 5. The van der Waals surface area contributed by atoms with Crippen LogP contribution in [-0.2, 0) is 20.4 Å². The number of methoxy groups -OCH3 is 1. The van der Waals surface area contributed by atoms with Crippen molar-refractivity contribution in [3.63, 3.8) is 0 Å². The van der Waals surface area contributed by atoms with E-state index in [0.29, 0.717) is 55.1 Å². The molecule has 4 heterocycles. The number of hydrogen-bond donors (Lipinski definition) is 3. The van der Waals surface area contributed by atoms with Gasteiger partial charge in [-0.2, -0.15) is 27.4 Å². The Morgan fingerprint density at radius 1 is 1.09 bits per heavy atom. The van der Waals surface area contributed by atoms with Crippen molar-refractivity contribution in [1.29, 1.82) is 0 Å². The van der Waals surface area contributed by atoms with Crippen LogP contribution in [0.2, 0.25) is 0 Å². The Morgan fingerprint density at radius 3 is 2.23 bits per heavy atom. The molecule has 232 valence electrons. The van der Waals surface area contributed by atoms with Gasteiger partial charge >= 0.3 is 12.1 Å². The minimum atomic E-state index is -5.08. The lowest BCUT2D eigenvalue weighted by molar-refractivity contribution is -0.192. The molecule has 0 atom stereocenters. The maximum absolute atomic E-state index is 12.0. The number of nitrogens with two attached hydrogens (primary N) is 1. The summed E-state index contributed by atoms with van der Waals surface area (Å²) in [5.74, 6) is -0.607. The monoisotopic (exact) mass is 625 g/mol. The summed E-state index contributed by atoms with van der Waals surface area (Å²) in [5.41, 5.74) is 8.23. The third-order valence-electron chi connectivity index (χ3n) is 6.92. The molecule has 5 rings (SSSR count). The zero-order valence-electron chi connectivity index (χ0n) is 23.5. The number of alkyl halides is 3. The van der Waals surface area contributed by atoms with Gasteiger partial charge < -0.3 is 20.9 Å². The van der Waals surface area contributed by atoms with Crippen molar-refractivity contribution in [2.45, 2.75) is 31.5 Å². The molecule has 4 N–H and O–H groups in total. The van der Waals surface area contributed by atoms with E-state index in [1.807, 2.05) is 12.3 Å². The Bertz CT molecular complexity index is 1560. The first-order valence-electron chi connectivity index (χ1n) is 12.9. The second-order valence-corrected chi connectivity index (χ2v) is 11.9. The first-order valence-corrected chi connectivity index (χ1v) is 14.7. The summed E-state index contributed by atoms with van der Waals surface area (Å²) in [6.45, 7) is 4.06. The summed E-state index contributed by atoms with van der Waals surface area (Å²) < 4.78 is 62.3. The van der Waals surface area contributed by atoms with Crippen LogP contribution in [0.3, 0.4) is 0 Å². The predicted octanol–water partition coefficient (Wildman–Crippen LogP) is 2.17. The van der Waals surface area contributed by atoms with E-state index < -0.39 is 22.2 Å². The molecule has 1 saturated heterocycles. The number of nitrogen functional groups attached to an aromatic ring is 1. The number of carboxylic acids is 1. The van der Waals surface area contributed by atoms with Crippen molar-refractivity contribution >= 4 is 33.4 Å². The van der Waals surface area contributed by atoms with Gasteiger partial charge in [0.1, 0.15) is 11.6 Å². The molecule has 2 fully saturated rings. The van der Waals surface area contributed by atoms with Crippen molar-refractivity contribution in [3.8, 4) is 17.3 Å². The van der Waals surface area contributed by atoms with E-state index in [1.54, 1.807) is 26.3 Å². The number of pyridine rings is 2. The number of ether oxygens (including phenoxy) is 1. The number of halogens is 3. The van der Waals surface area contributed by atoms with Gasteiger partial charge in [-0.1, -0.05) is 0 Å². The molecule has 1 aliphatic carbocycles. The number of hydrogen-bond acceptors (Lipinski definition) is 12. The van der Waals surface area contributed by atoms with Crippen molar-refractivity contribution in [2.75, 3.05) is 50.6 Å². The molecule has 43 heavy (non-hydrogen) atoms. The SMILES string of the molecule is COc1ccc(Nc2ncc(C3(N4CCN(S(C)(=O)=O)CC4)CC3)cc2-c2nc(C)nc(N)n2)cn1.O=C(O)C(F)(F)F. The standard InChI is InChI=1S/C23H29N9O3S.C2HF3O2/c1-15-27-21(30-22(24)28-15)18-12-16(13-26-20(18)29-17-4-5-19(35-2)25-14-17)23(6-7-23)31-8-10-32(11-9-31)36(3,33)34;3-2(4,5)1(6)7/h4-5,12-14H,6-11H2,1-3H3,(H,26,29)(H2,24,27,28,30);(H,6,7). The molecule has 0 bridgehead atoms. The van der Waals surface area contributed by atoms with Crippen molar-refractivity contribution < 1.29 is 36.2 Å². The Balaban J connectivity index is 0.000000541. The van der Waals surface area contributed by atoms with E-state index in [0.717, 1.165) is 24.1 Å². The Morgan fingerprint density at radius 2 is 1.74 bits per heavy atom. The van der Waals surface area contributed by atoms with E-state index in [9.17, 15) is 21.6 Å². The van der Waals surface area contributed by atoms with Crippen LogP contribution in [0.4, 0.5) is 30.6 Å². The van der Waals surface area contributed by atoms with Gasteiger partial charge in [-0.15, -0.1) is 0 Å². The lowest BCUT2D eigenvalue weighted by atomic mass is 10.0. The molecular formula is C25H30F3N9O5S. The number of carboxylic acid groups (broad SMARTS) is 1. The minimum Gasteiger partial charge on any atom is -0.481 e. The van der Waals surface area contributed by atoms with E-state index in [-0.39, 0.29) is 11.5 Å². The van der Waals surface area contributed by atoms with Crippen molar-refractivity contribution in [2.24, 2.45) is 0 Å². The Hall–Kier alpha value is -4.16. The van der Waals surface area contributed by atoms with Crippen molar-refractivity contribution in [1.82, 2.24) is 34.1 Å². The molecular weight excluding hydrogens is 595 g/mol. The average Bonchev–Trinajstić information content (AvgIpc) is 3.75. The summed E-state index contributed by atoms with van der Waals surface area (Å²) in [4.78, 5) is 33.3. The molecule has 0 aromatic carbocycles. The number of aryl methyl sites for hydroxylation is 1. The maximum Gasteiger partial charge on any atom is 0.490 e. The van der Waals surface area contributed by atoms with E-state index in [2.05, 4.69) is 36.2 Å². The van der Waals surface area contributed by atoms with E-state index >= 15 is 0 Å². The molecule has 1 saturated carbocycles. The largest absolute Gasteiger partial charge is 0.490 e. The van der Waals surface area contributed by atoms with Crippen LogP contribution < -0.4 is 15.8 Å². The molecule has 14 nitrogen and oxygen atoms in total. The summed E-state index contributed by atoms with van der Waals surface area (Å²) in [5, 5.41) is 10.4. The number of piperazine rings is 1. The van der Waals surface area contributed by atoms with Crippen LogP contribution in [0.15, 0.2) is 30.6 Å². The fourth-order valence-electron chi connectivity index (χ4n) is 4.68. The molecule has 0 unspecified atom stereocenters. The zero-order chi connectivity index (χ0) is 31.6. The van der Waals surface area contributed by atoms with E-state index in [4.69, 9.17) is 25.4 Å². The Kier molecular flexibility index (Phi) is 9.02. The summed E-state index contributed by atoms with van der Waals surface area (Å²) in [6, 6.07) is 5.66. The van der Waals surface area contributed by atoms with Gasteiger partial charge in [-0.05, 0) is 37.5 Å². The average molecular weight is 626 g/mol. The third kappa shape index (κ3) is 7.63. The number of nitrogens with one attached hydrogen (secondary N) is 1. The number of anilines is 3. The van der Waals surface area contributed by atoms with E-state index in [1.165, 1.54) is 10.6 Å². The fourth-order valence-corrected chi connectivity index (χ4v) is 5.50. The maximum atomic E-state index is 12.0. The second kappa shape index (κ2) is 12.2. The van der Waals surface area contributed by atoms with Gasteiger partial charge in [0.2, 0.25) is 21.9 Å². The van der Waals surface area contributed by atoms with Crippen LogP contribution in [0.25, 0.3) is 11.4 Å². The molecule has 2 aliphatic rings. The highest BCUT2D eigenvalue weighted by molar-refractivity contribution is 7.88. The number of sulfonamides is 1. The van der Waals surface area contributed by atoms with Crippen LogP contribution in [0.1, 0.15) is 24.2 Å². The Labute approximate surface area is 245 Å². The number of nitrogens with zero attached hydrogens (tertiary/aromatic N) is 7. The zero-order valence-corrected chi connectivity index (χ0v) is 24.3. The van der Waals surface area contributed by atoms with Crippen LogP contribution in [-0.4, -0.2) is 99.3 Å². The smallest absolute Gasteiger partial charge is 0.481 e. The molecule has 1 aliphatic heterocycles. The number of carbonyl (C=O) groups is 1. The lowest BCUT2D eigenvalue weighted by Crippen LogP contribution is -2.51. The van der Waals surface area contributed by atoms with Crippen LogP contribution >= 0.6 is 0 Å². The number of rotatable bonds is 7. The summed E-state index contributed by atoms with van der Waals surface area (Å²) >= 11 is 0. The molecule has 0 spiro atoms. The van der Waals surface area contributed by atoms with Gasteiger partial charge in [-0.25, -0.2) is 28.2 Å². The van der Waals surface area contributed by atoms with Crippen molar-refractivity contribution in [3.05, 3.63) is 42.0 Å².